The summed E-state index contributed by atoms with van der Waals surface area (Å²) in [4.78, 5) is 4.21. The van der Waals surface area contributed by atoms with Crippen LogP contribution in [-0.4, -0.2) is 24.2 Å². The molecule has 2 rings (SSSR count). The molecule has 1 aliphatic carbocycles. The maximum atomic E-state index is 5.20. The van der Waals surface area contributed by atoms with Crippen LogP contribution in [0.15, 0.2) is 10.9 Å². The molecular weight excluding hydrogens is 184 g/mol. The van der Waals surface area contributed by atoms with Crippen molar-refractivity contribution in [3.8, 4) is 0 Å². The number of thiazole rings is 1. The number of nitrogens with zero attached hydrogens (tertiary/aromatic N) is 1. The molecule has 0 amide bonds. The van der Waals surface area contributed by atoms with E-state index < -0.39 is 0 Å². The summed E-state index contributed by atoms with van der Waals surface area (Å²) in [6.45, 7) is 0.893. The molecule has 1 N–H and O–H groups in total. The van der Waals surface area contributed by atoms with Gasteiger partial charge in [-0.25, -0.2) is 4.98 Å². The van der Waals surface area contributed by atoms with E-state index in [0.717, 1.165) is 25.1 Å². The summed E-state index contributed by atoms with van der Waals surface area (Å²) in [6.07, 6.45) is 2.76. The number of aromatic nitrogens is 1. The van der Waals surface area contributed by atoms with Gasteiger partial charge in [-0.2, -0.15) is 0 Å². The largest absolute Gasteiger partial charge is 0.381 e. The van der Waals surface area contributed by atoms with Gasteiger partial charge in [-0.3, -0.25) is 0 Å². The van der Waals surface area contributed by atoms with Crippen molar-refractivity contribution < 1.29 is 4.74 Å². The van der Waals surface area contributed by atoms with E-state index in [1.165, 1.54) is 0 Å². The Labute approximate surface area is 82.1 Å². The van der Waals surface area contributed by atoms with Crippen LogP contribution in [0.5, 0.6) is 0 Å². The van der Waals surface area contributed by atoms with E-state index in [2.05, 4.69) is 15.7 Å². The fraction of sp³-hybridized carbons (Fsp3) is 0.667. The highest BCUT2D eigenvalue weighted by Crippen LogP contribution is 2.22. The van der Waals surface area contributed by atoms with Gasteiger partial charge >= 0.3 is 0 Å². The number of hydrogen-bond donors (Lipinski definition) is 1. The highest BCUT2D eigenvalue weighted by Gasteiger charge is 2.28. The Balaban J connectivity index is 1.65. The van der Waals surface area contributed by atoms with E-state index in [1.54, 1.807) is 18.4 Å². The van der Waals surface area contributed by atoms with Gasteiger partial charge in [0.25, 0.3) is 0 Å². The van der Waals surface area contributed by atoms with Crippen molar-refractivity contribution in [2.24, 2.45) is 0 Å². The number of rotatable bonds is 4. The van der Waals surface area contributed by atoms with Crippen LogP contribution < -0.4 is 5.32 Å². The van der Waals surface area contributed by atoms with Crippen LogP contribution in [0.1, 0.15) is 18.5 Å². The third-order valence-electron chi connectivity index (χ3n) is 2.48. The van der Waals surface area contributed by atoms with Gasteiger partial charge < -0.3 is 10.1 Å². The summed E-state index contributed by atoms with van der Waals surface area (Å²) in [5.41, 5.74) is 3.02. The van der Waals surface area contributed by atoms with Gasteiger partial charge in [0, 0.05) is 25.1 Å². The minimum Gasteiger partial charge on any atom is -0.381 e. The maximum Gasteiger partial charge on any atom is 0.0795 e. The molecule has 1 saturated carbocycles. The number of methoxy groups -OCH3 is 1. The molecule has 13 heavy (non-hydrogen) atoms. The van der Waals surface area contributed by atoms with Crippen molar-refractivity contribution in [2.75, 3.05) is 7.11 Å². The molecule has 1 aromatic rings. The summed E-state index contributed by atoms with van der Waals surface area (Å²) in [5, 5.41) is 5.53. The molecule has 0 saturated heterocycles. The van der Waals surface area contributed by atoms with Crippen molar-refractivity contribution in [1.82, 2.24) is 10.3 Å². The topological polar surface area (TPSA) is 34.1 Å². The second kappa shape index (κ2) is 4.17. The van der Waals surface area contributed by atoms with Crippen molar-refractivity contribution in [2.45, 2.75) is 31.5 Å². The van der Waals surface area contributed by atoms with Crippen LogP contribution in [-0.2, 0) is 11.3 Å². The molecular formula is C9H14N2OS. The van der Waals surface area contributed by atoms with Crippen molar-refractivity contribution in [3.63, 3.8) is 0 Å². The number of ether oxygens (including phenoxy) is 1. The molecule has 1 heterocycles. The molecule has 1 aromatic heterocycles. The summed E-state index contributed by atoms with van der Waals surface area (Å²) in [6, 6.07) is 0.631. The minimum atomic E-state index is 0.480. The smallest absolute Gasteiger partial charge is 0.0795 e. The van der Waals surface area contributed by atoms with E-state index >= 15 is 0 Å². The van der Waals surface area contributed by atoms with Crippen molar-refractivity contribution >= 4 is 11.3 Å². The molecule has 4 heteroatoms. The van der Waals surface area contributed by atoms with Crippen molar-refractivity contribution in [3.05, 3.63) is 16.6 Å². The number of hydrogen-bond acceptors (Lipinski definition) is 4. The minimum absolute atomic E-state index is 0.480. The van der Waals surface area contributed by atoms with E-state index in [4.69, 9.17) is 4.74 Å². The van der Waals surface area contributed by atoms with Gasteiger partial charge in [-0.1, -0.05) is 0 Å². The zero-order chi connectivity index (χ0) is 9.10. The first-order chi connectivity index (χ1) is 6.38. The highest BCUT2D eigenvalue weighted by atomic mass is 32.1. The van der Waals surface area contributed by atoms with Gasteiger partial charge in [0.15, 0.2) is 0 Å². The first-order valence-electron chi connectivity index (χ1n) is 4.51. The lowest BCUT2D eigenvalue weighted by Crippen LogP contribution is -2.44. The van der Waals surface area contributed by atoms with Gasteiger partial charge in [0.2, 0.25) is 0 Å². The molecule has 3 nitrogen and oxygen atoms in total. The monoisotopic (exact) mass is 198 g/mol. The van der Waals surface area contributed by atoms with Gasteiger partial charge in [-0.05, 0) is 12.8 Å². The normalized spacial score (nSPS) is 27.2. The van der Waals surface area contributed by atoms with Crippen LogP contribution in [0.25, 0.3) is 0 Å². The van der Waals surface area contributed by atoms with Gasteiger partial charge in [0.05, 0.1) is 17.3 Å². The van der Waals surface area contributed by atoms with E-state index in [9.17, 15) is 0 Å². The molecule has 1 aliphatic rings. The van der Waals surface area contributed by atoms with Crippen LogP contribution in [0, 0.1) is 0 Å². The highest BCUT2D eigenvalue weighted by molar-refractivity contribution is 7.07. The quantitative estimate of drug-likeness (QED) is 0.794. The van der Waals surface area contributed by atoms with Gasteiger partial charge in [-0.15, -0.1) is 11.3 Å². The molecule has 72 valence electrons. The van der Waals surface area contributed by atoms with Crippen LogP contribution in [0.2, 0.25) is 0 Å². The fourth-order valence-corrected chi connectivity index (χ4v) is 2.06. The zero-order valence-electron chi connectivity index (χ0n) is 7.69. The second-order valence-electron chi connectivity index (χ2n) is 3.39. The molecule has 1 fully saturated rings. The number of nitrogens with one attached hydrogen (secondary N) is 1. The average Bonchev–Trinajstić information content (AvgIpc) is 2.54. The maximum absolute atomic E-state index is 5.20. The standard InChI is InChI=1S/C9H14N2OS/c1-12-9-2-7(3-9)10-4-8-5-13-6-11-8/h5-7,9-10H,2-4H2,1H3. The summed E-state index contributed by atoms with van der Waals surface area (Å²) in [5.74, 6) is 0. The summed E-state index contributed by atoms with van der Waals surface area (Å²) in [7, 11) is 1.78. The summed E-state index contributed by atoms with van der Waals surface area (Å²) < 4.78 is 5.20. The van der Waals surface area contributed by atoms with Crippen LogP contribution in [0.4, 0.5) is 0 Å². The zero-order valence-corrected chi connectivity index (χ0v) is 8.51. The first kappa shape index (κ1) is 9.12. The molecule has 0 atom stereocenters. The predicted octanol–water partition coefficient (Wildman–Crippen LogP) is 1.41. The van der Waals surface area contributed by atoms with Crippen LogP contribution >= 0.6 is 11.3 Å². The Kier molecular flexibility index (Phi) is 2.93. The molecule has 0 radical (unpaired) electrons. The molecule has 0 unspecified atom stereocenters. The lowest BCUT2D eigenvalue weighted by Gasteiger charge is -2.34. The van der Waals surface area contributed by atoms with E-state index in [1.807, 2.05) is 5.51 Å². The average molecular weight is 198 g/mol. The SMILES string of the molecule is COC1CC(NCc2cscn2)C1. The van der Waals surface area contributed by atoms with Crippen LogP contribution in [0.3, 0.4) is 0 Å². The first-order valence-corrected chi connectivity index (χ1v) is 5.46. The lowest BCUT2D eigenvalue weighted by molar-refractivity contribution is 0.0169. The van der Waals surface area contributed by atoms with Gasteiger partial charge in [0.1, 0.15) is 0 Å². The third kappa shape index (κ3) is 2.27. The van der Waals surface area contributed by atoms with E-state index in [-0.39, 0.29) is 0 Å². The fourth-order valence-electron chi connectivity index (χ4n) is 1.50. The Morgan fingerprint density at radius 2 is 2.54 bits per heavy atom. The molecule has 0 aromatic carbocycles. The third-order valence-corrected chi connectivity index (χ3v) is 3.12. The Bertz CT molecular complexity index is 244. The Morgan fingerprint density at radius 3 is 3.15 bits per heavy atom. The molecule has 0 bridgehead atoms. The lowest BCUT2D eigenvalue weighted by atomic mass is 9.89. The Morgan fingerprint density at radius 1 is 1.69 bits per heavy atom. The summed E-state index contributed by atoms with van der Waals surface area (Å²) >= 11 is 1.65. The van der Waals surface area contributed by atoms with E-state index in [0.29, 0.717) is 12.1 Å². The molecule has 0 spiro atoms. The predicted molar refractivity (Wildman–Crippen MR) is 52.8 cm³/mol. The molecule has 0 aliphatic heterocycles. The van der Waals surface area contributed by atoms with Crippen molar-refractivity contribution in [1.29, 1.82) is 0 Å². The second-order valence-corrected chi connectivity index (χ2v) is 4.11. The Hall–Kier alpha value is -0.450.